The number of carboxylic acid groups (broad SMARTS) is 1. The molecule has 0 radical (unpaired) electrons. The van der Waals surface area contributed by atoms with Gasteiger partial charge in [0.1, 0.15) is 16.7 Å². The van der Waals surface area contributed by atoms with Gasteiger partial charge in [0.15, 0.2) is 0 Å². The maximum atomic E-state index is 12.1. The van der Waals surface area contributed by atoms with Gasteiger partial charge >= 0.3 is 11.9 Å². The molecule has 0 saturated heterocycles. The summed E-state index contributed by atoms with van der Waals surface area (Å²) in [4.78, 5) is 23.3. The van der Waals surface area contributed by atoms with Crippen LogP contribution in [0.2, 0.25) is 0 Å². The van der Waals surface area contributed by atoms with Gasteiger partial charge in [0, 0.05) is 0 Å². The van der Waals surface area contributed by atoms with Gasteiger partial charge in [0.25, 0.3) is 0 Å². The van der Waals surface area contributed by atoms with E-state index in [1.54, 1.807) is 39.8 Å². The first-order chi connectivity index (χ1) is 7.99. The molecular formula is C13H21NO4. The second kappa shape index (κ2) is 4.39. The summed E-state index contributed by atoms with van der Waals surface area (Å²) in [5.41, 5.74) is -2.86. The Morgan fingerprint density at radius 3 is 2.33 bits per heavy atom. The van der Waals surface area contributed by atoms with E-state index in [-0.39, 0.29) is 0 Å². The summed E-state index contributed by atoms with van der Waals surface area (Å²) in [6, 6.07) is 0. The summed E-state index contributed by atoms with van der Waals surface area (Å²) in [7, 11) is 0. The Morgan fingerprint density at radius 1 is 1.33 bits per heavy atom. The molecule has 0 aliphatic carbocycles. The van der Waals surface area contributed by atoms with Gasteiger partial charge in [-0.05, 0) is 41.0 Å². The molecule has 0 aromatic rings. The third-order valence-corrected chi connectivity index (χ3v) is 2.81. The Morgan fingerprint density at radius 2 is 1.89 bits per heavy atom. The van der Waals surface area contributed by atoms with Gasteiger partial charge in [-0.3, -0.25) is 10.1 Å². The monoisotopic (exact) mass is 255 g/mol. The molecule has 1 rings (SSSR count). The Balaban J connectivity index is 2.93. The first-order valence-corrected chi connectivity index (χ1v) is 5.92. The summed E-state index contributed by atoms with van der Waals surface area (Å²) in [6.45, 7) is 8.52. The lowest BCUT2D eigenvalue weighted by molar-refractivity contribution is -0.164. The molecule has 1 aliphatic rings. The van der Waals surface area contributed by atoms with Crippen molar-refractivity contribution in [2.24, 2.45) is 0 Å². The topological polar surface area (TPSA) is 75.6 Å². The first-order valence-electron chi connectivity index (χ1n) is 5.92. The Labute approximate surface area is 107 Å². The van der Waals surface area contributed by atoms with Gasteiger partial charge in [-0.15, -0.1) is 0 Å². The van der Waals surface area contributed by atoms with Crippen molar-refractivity contribution >= 4 is 11.9 Å². The Bertz CT molecular complexity index is 396. The van der Waals surface area contributed by atoms with Crippen LogP contribution in [-0.2, 0) is 14.3 Å². The van der Waals surface area contributed by atoms with Crippen molar-refractivity contribution in [1.29, 1.82) is 0 Å². The summed E-state index contributed by atoms with van der Waals surface area (Å²) in [5.74, 6) is -1.46. The highest BCUT2D eigenvalue weighted by molar-refractivity contribution is 5.86. The number of rotatable bonds is 2. The molecule has 18 heavy (non-hydrogen) atoms. The average molecular weight is 255 g/mol. The normalized spacial score (nSPS) is 32.1. The van der Waals surface area contributed by atoms with Gasteiger partial charge in [-0.1, -0.05) is 12.2 Å². The molecule has 102 valence electrons. The van der Waals surface area contributed by atoms with Crippen LogP contribution in [0.1, 0.15) is 41.0 Å². The van der Waals surface area contributed by atoms with Gasteiger partial charge in [0.05, 0.1) is 0 Å². The smallest absolute Gasteiger partial charge is 0.327 e. The van der Waals surface area contributed by atoms with Gasteiger partial charge in [0.2, 0.25) is 0 Å². The molecule has 1 heterocycles. The minimum Gasteiger partial charge on any atom is -0.480 e. The van der Waals surface area contributed by atoms with E-state index < -0.39 is 28.6 Å². The molecule has 0 spiro atoms. The van der Waals surface area contributed by atoms with Crippen molar-refractivity contribution in [3.8, 4) is 0 Å². The summed E-state index contributed by atoms with van der Waals surface area (Å²) in [5, 5.41) is 12.0. The van der Waals surface area contributed by atoms with E-state index in [0.29, 0.717) is 6.42 Å². The van der Waals surface area contributed by atoms with Crippen LogP contribution in [0.25, 0.3) is 0 Å². The lowest BCUT2D eigenvalue weighted by Gasteiger charge is -2.39. The van der Waals surface area contributed by atoms with Crippen molar-refractivity contribution in [1.82, 2.24) is 5.32 Å². The van der Waals surface area contributed by atoms with Crippen molar-refractivity contribution in [3.05, 3.63) is 12.2 Å². The van der Waals surface area contributed by atoms with E-state index in [1.165, 1.54) is 6.92 Å². The summed E-state index contributed by atoms with van der Waals surface area (Å²) in [6.07, 6.45) is 3.67. The van der Waals surface area contributed by atoms with E-state index in [4.69, 9.17) is 4.74 Å². The highest BCUT2D eigenvalue weighted by Crippen LogP contribution is 2.26. The zero-order chi connectivity index (χ0) is 14.2. The van der Waals surface area contributed by atoms with Crippen LogP contribution in [0.5, 0.6) is 0 Å². The maximum absolute atomic E-state index is 12.1. The molecule has 2 unspecified atom stereocenters. The molecule has 0 saturated carbocycles. The number of carbonyl (C=O) groups is 2. The second-order valence-electron chi connectivity index (χ2n) is 6.07. The van der Waals surface area contributed by atoms with Gasteiger partial charge in [-0.2, -0.15) is 0 Å². The van der Waals surface area contributed by atoms with Crippen molar-refractivity contribution in [2.45, 2.75) is 57.7 Å². The number of hydrogen-bond donors (Lipinski definition) is 2. The van der Waals surface area contributed by atoms with E-state index in [0.717, 1.165) is 0 Å². The van der Waals surface area contributed by atoms with Crippen molar-refractivity contribution < 1.29 is 19.4 Å². The highest BCUT2D eigenvalue weighted by Gasteiger charge is 2.46. The fourth-order valence-corrected chi connectivity index (χ4v) is 1.85. The van der Waals surface area contributed by atoms with E-state index in [1.807, 2.05) is 0 Å². The molecule has 5 nitrogen and oxygen atoms in total. The predicted molar refractivity (Wildman–Crippen MR) is 67.2 cm³/mol. The molecule has 0 bridgehead atoms. The molecule has 2 atom stereocenters. The minimum absolute atomic E-state index is 0.408. The number of esters is 1. The quantitative estimate of drug-likeness (QED) is 0.577. The third kappa shape index (κ3) is 3.10. The predicted octanol–water partition coefficient (Wildman–Crippen LogP) is 1.48. The van der Waals surface area contributed by atoms with Crippen LogP contribution < -0.4 is 5.32 Å². The molecule has 0 amide bonds. The van der Waals surface area contributed by atoms with Crippen LogP contribution >= 0.6 is 0 Å². The van der Waals surface area contributed by atoms with Crippen LogP contribution in [0, 0.1) is 0 Å². The van der Waals surface area contributed by atoms with Gasteiger partial charge < -0.3 is 9.84 Å². The maximum Gasteiger partial charge on any atom is 0.327 e. The Kier molecular flexibility index (Phi) is 3.58. The van der Waals surface area contributed by atoms with Gasteiger partial charge in [-0.25, -0.2) is 4.79 Å². The number of carbonyl (C=O) groups excluding carboxylic acids is 1. The lowest BCUT2D eigenvalue weighted by Crippen LogP contribution is -2.64. The van der Waals surface area contributed by atoms with Crippen molar-refractivity contribution in [3.63, 3.8) is 0 Å². The molecule has 0 aromatic carbocycles. The average Bonchev–Trinajstić information content (AvgIpc) is 2.14. The molecule has 0 fully saturated rings. The number of ether oxygens (including phenoxy) is 1. The van der Waals surface area contributed by atoms with Crippen molar-refractivity contribution in [2.75, 3.05) is 0 Å². The molecule has 2 N–H and O–H groups in total. The number of nitrogens with one attached hydrogen (secondary N) is 1. The van der Waals surface area contributed by atoms with Crippen LogP contribution in [-0.4, -0.2) is 33.7 Å². The third-order valence-electron chi connectivity index (χ3n) is 2.81. The highest BCUT2D eigenvalue weighted by atomic mass is 16.6. The SMILES string of the molecule is CC(C)(C)OC(=O)C1(C)CC=CC(C)(C(=O)O)N1. The van der Waals surface area contributed by atoms with E-state index in [2.05, 4.69) is 5.32 Å². The molecule has 0 aromatic heterocycles. The zero-order valence-electron chi connectivity index (χ0n) is 11.5. The van der Waals surface area contributed by atoms with Crippen LogP contribution in [0.3, 0.4) is 0 Å². The van der Waals surface area contributed by atoms with E-state index in [9.17, 15) is 14.7 Å². The summed E-state index contributed by atoms with van der Waals surface area (Å²) >= 11 is 0. The largest absolute Gasteiger partial charge is 0.480 e. The van der Waals surface area contributed by atoms with Crippen LogP contribution in [0.4, 0.5) is 0 Å². The standard InChI is InChI=1S/C13H21NO4/c1-11(2,3)18-10(17)13(5)8-6-7-12(4,14-13)9(15)16/h6-7,14H,8H2,1-5H3,(H,15,16). The van der Waals surface area contributed by atoms with E-state index >= 15 is 0 Å². The second-order valence-corrected chi connectivity index (χ2v) is 6.07. The summed E-state index contributed by atoms with van der Waals surface area (Å²) < 4.78 is 5.33. The number of aliphatic carboxylic acids is 1. The number of hydrogen-bond acceptors (Lipinski definition) is 4. The number of carboxylic acids is 1. The Hall–Kier alpha value is -1.36. The molecular weight excluding hydrogens is 234 g/mol. The lowest BCUT2D eigenvalue weighted by atomic mass is 9.86. The fraction of sp³-hybridized carbons (Fsp3) is 0.692. The fourth-order valence-electron chi connectivity index (χ4n) is 1.85. The molecule has 5 heteroatoms. The van der Waals surface area contributed by atoms with Crippen LogP contribution in [0.15, 0.2) is 12.2 Å². The molecule has 1 aliphatic heterocycles. The minimum atomic E-state index is -1.25. The first kappa shape index (κ1) is 14.7. The zero-order valence-corrected chi connectivity index (χ0v) is 11.5.